The maximum Gasteiger partial charge on any atom is 0.408 e. The lowest BCUT2D eigenvalue weighted by atomic mass is 9.86. The van der Waals surface area contributed by atoms with E-state index in [0.717, 1.165) is 36.9 Å². The van der Waals surface area contributed by atoms with E-state index in [1.165, 1.54) is 17.0 Å². The van der Waals surface area contributed by atoms with E-state index in [0.29, 0.717) is 61.6 Å². The van der Waals surface area contributed by atoms with Crippen LogP contribution < -0.4 is 20.1 Å². The lowest BCUT2D eigenvalue weighted by Gasteiger charge is -2.37. The molecule has 3 aliphatic carbocycles. The third kappa shape index (κ3) is 7.35. The number of allylic oxidation sites excluding steroid dienone is 1. The first-order chi connectivity index (χ1) is 26.4. The average molecular weight is 794 g/mol. The number of sulfonamides is 1. The molecule has 1 saturated heterocycles. The summed E-state index contributed by atoms with van der Waals surface area (Å²) in [7, 11) is -4.00. The summed E-state index contributed by atoms with van der Waals surface area (Å²) >= 11 is 0. The normalized spacial score (nSPS) is 30.7. The van der Waals surface area contributed by atoms with Gasteiger partial charge in [0.2, 0.25) is 21.8 Å². The minimum atomic E-state index is -4.00. The predicted octanol–water partition coefficient (Wildman–Crippen LogP) is 5.20. The first-order valence-electron chi connectivity index (χ1n) is 20.1. The molecular formula is C41H52FN5O8S. The second kappa shape index (κ2) is 13.7. The molecule has 0 unspecified atom stereocenters. The molecule has 3 saturated carbocycles. The van der Waals surface area contributed by atoms with Crippen molar-refractivity contribution < 1.29 is 41.5 Å². The summed E-state index contributed by atoms with van der Waals surface area (Å²) < 4.78 is 54.8. The molecule has 6 aliphatic rings. The van der Waals surface area contributed by atoms with Crippen molar-refractivity contribution in [3.8, 4) is 5.75 Å². The van der Waals surface area contributed by atoms with E-state index in [-0.39, 0.29) is 31.1 Å². The largest absolute Gasteiger partial charge is 0.483 e. The number of aromatic nitrogens is 1. The molecule has 302 valence electrons. The molecule has 3 aliphatic heterocycles. The zero-order chi connectivity index (χ0) is 39.8. The number of carbonyl (C=O) groups is 4. The van der Waals surface area contributed by atoms with Gasteiger partial charge in [-0.3, -0.25) is 19.1 Å². The Hall–Kier alpha value is -4.27. The number of fused-ring (bicyclic) bond motifs is 5. The van der Waals surface area contributed by atoms with Crippen LogP contribution >= 0.6 is 0 Å². The summed E-state index contributed by atoms with van der Waals surface area (Å²) in [5, 5.41) is 6.39. The molecule has 0 radical (unpaired) electrons. The number of carbonyl (C=O) groups excluding carboxylic acids is 4. The van der Waals surface area contributed by atoms with Crippen molar-refractivity contribution in [3.05, 3.63) is 47.4 Å². The van der Waals surface area contributed by atoms with Crippen LogP contribution in [0.2, 0.25) is 0 Å². The van der Waals surface area contributed by atoms with Crippen LogP contribution in [0.15, 0.2) is 30.4 Å². The van der Waals surface area contributed by atoms with E-state index in [4.69, 9.17) is 14.5 Å². The van der Waals surface area contributed by atoms with Gasteiger partial charge in [0, 0.05) is 29.2 Å². The van der Waals surface area contributed by atoms with E-state index in [1.807, 2.05) is 12.2 Å². The molecule has 0 bridgehead atoms. The number of nitrogens with zero attached hydrogens (tertiary/aromatic N) is 2. The molecule has 56 heavy (non-hydrogen) atoms. The van der Waals surface area contributed by atoms with Crippen molar-refractivity contribution in [1.29, 1.82) is 0 Å². The topological polar surface area (TPSA) is 173 Å². The molecule has 3 N–H and O–H groups in total. The number of alkyl carbamates (subject to hydrolysis) is 1. The van der Waals surface area contributed by atoms with Crippen molar-refractivity contribution in [2.45, 2.75) is 151 Å². The zero-order valence-corrected chi connectivity index (χ0v) is 33.4. The third-order valence-corrected chi connectivity index (χ3v) is 14.6. The van der Waals surface area contributed by atoms with Gasteiger partial charge in [-0.15, -0.1) is 0 Å². The van der Waals surface area contributed by atoms with E-state index in [9.17, 15) is 32.0 Å². The van der Waals surface area contributed by atoms with Crippen LogP contribution in [0.3, 0.4) is 0 Å². The average Bonchev–Trinajstić information content (AvgIpc) is 4.05. The van der Waals surface area contributed by atoms with Crippen LogP contribution in [0.5, 0.6) is 5.75 Å². The fourth-order valence-corrected chi connectivity index (χ4v) is 9.92. The Kier molecular flexibility index (Phi) is 9.44. The second-order valence-corrected chi connectivity index (χ2v) is 20.3. The van der Waals surface area contributed by atoms with Gasteiger partial charge in [0.05, 0.1) is 22.5 Å². The lowest BCUT2D eigenvalue weighted by Crippen LogP contribution is -2.58. The number of nitrogens with one attached hydrogen (secondary N) is 3. The van der Waals surface area contributed by atoms with E-state index in [1.54, 1.807) is 33.8 Å². The van der Waals surface area contributed by atoms with Gasteiger partial charge in [0.1, 0.15) is 40.4 Å². The molecule has 5 atom stereocenters. The smallest absolute Gasteiger partial charge is 0.408 e. The number of ether oxygens (including phenoxy) is 2. The number of hydrogen-bond donors (Lipinski definition) is 3. The van der Waals surface area contributed by atoms with Crippen LogP contribution in [0.25, 0.3) is 10.9 Å². The molecule has 2 aromatic rings. The quantitative estimate of drug-likeness (QED) is 0.344. The maximum absolute atomic E-state index is 14.8. The number of hydrogen-bond acceptors (Lipinski definition) is 9. The van der Waals surface area contributed by atoms with Gasteiger partial charge in [-0.1, -0.05) is 25.0 Å². The van der Waals surface area contributed by atoms with Gasteiger partial charge in [0.15, 0.2) is 0 Å². The van der Waals surface area contributed by atoms with E-state index < -0.39 is 73.3 Å². The fourth-order valence-electron chi connectivity index (χ4n) is 8.61. The highest BCUT2D eigenvalue weighted by atomic mass is 32.2. The van der Waals surface area contributed by atoms with Crippen molar-refractivity contribution in [2.75, 3.05) is 6.54 Å². The number of amides is 4. The fraction of sp³-hybridized carbons (Fsp3) is 0.634. The summed E-state index contributed by atoms with van der Waals surface area (Å²) in [6, 6.07) is 2.40. The van der Waals surface area contributed by atoms with Crippen molar-refractivity contribution in [3.63, 3.8) is 0 Å². The molecule has 13 nitrogen and oxygen atoms in total. The van der Waals surface area contributed by atoms with Gasteiger partial charge in [-0.25, -0.2) is 22.6 Å². The van der Waals surface area contributed by atoms with Crippen molar-refractivity contribution >= 4 is 44.7 Å². The molecule has 1 spiro atoms. The van der Waals surface area contributed by atoms with Gasteiger partial charge in [-0.2, -0.15) is 0 Å². The van der Waals surface area contributed by atoms with Crippen molar-refractivity contribution in [1.82, 2.24) is 25.2 Å². The summed E-state index contributed by atoms with van der Waals surface area (Å²) in [5.41, 5.74) is -1.07. The highest BCUT2D eigenvalue weighted by Gasteiger charge is 2.64. The first-order valence-corrected chi connectivity index (χ1v) is 21.6. The van der Waals surface area contributed by atoms with Gasteiger partial charge in [0.25, 0.3) is 5.91 Å². The minimum Gasteiger partial charge on any atom is -0.483 e. The standard InChI is InChI=1S/C41H52FN5O8S/c1-38(2,3)55-37(51)44-30-11-9-7-5-6-8-10-25-21-41(25,36(50)46-56(52,53)39(4)18-19-39)45-34(48)31-22-40(23-47(31)35(30)49)17-16-27-28-20-26(42)14-15-29(28)43-32(24-12-13-24)33(27)54-40/h8,10,14-15,20,24-25,30-31H,5-7,9,11-13,16-19,21-23H2,1-4H3,(H,44,51)(H,45,48)(H,46,50)/b10-8-/t25-,30-,31-,40+,41+/m0/s1. The predicted molar refractivity (Wildman–Crippen MR) is 205 cm³/mol. The monoisotopic (exact) mass is 793 g/mol. The SMILES string of the molecule is CC(C)(C)OC(=O)N[C@H]1CCCCC/C=C\[C@H]2C[C@@]2(C(=O)NS(=O)(=O)C2(C)CC2)NC(=O)[C@@H]2C[C@]3(CCc4c(c(C5CC5)nc5ccc(F)cc45)O3)CN2C1=O. The summed E-state index contributed by atoms with van der Waals surface area (Å²) in [5.74, 6) is -1.97. The van der Waals surface area contributed by atoms with E-state index in [2.05, 4.69) is 15.4 Å². The van der Waals surface area contributed by atoms with Crippen LogP contribution in [-0.2, 0) is 35.6 Å². The lowest BCUT2D eigenvalue weighted by molar-refractivity contribution is -0.141. The number of pyridine rings is 1. The van der Waals surface area contributed by atoms with Crippen LogP contribution in [0, 0.1) is 11.7 Å². The number of aryl methyl sites for hydroxylation is 1. The Labute approximate surface area is 326 Å². The Morgan fingerprint density at radius 2 is 1.84 bits per heavy atom. The molecule has 15 heteroatoms. The van der Waals surface area contributed by atoms with Gasteiger partial charge in [-0.05, 0) is 110 Å². The third-order valence-electron chi connectivity index (χ3n) is 12.4. The van der Waals surface area contributed by atoms with Gasteiger partial charge >= 0.3 is 6.09 Å². The molecule has 8 rings (SSSR count). The Morgan fingerprint density at radius 1 is 1.07 bits per heavy atom. The zero-order valence-electron chi connectivity index (χ0n) is 32.5. The summed E-state index contributed by atoms with van der Waals surface area (Å²) in [6.07, 6.45) is 10.1. The Bertz CT molecular complexity index is 2130. The molecule has 1 aromatic carbocycles. The second-order valence-electron chi connectivity index (χ2n) is 18.1. The van der Waals surface area contributed by atoms with Crippen LogP contribution in [-0.4, -0.2) is 82.2 Å². The molecule has 4 fully saturated rings. The highest BCUT2D eigenvalue weighted by molar-refractivity contribution is 7.91. The van der Waals surface area contributed by atoms with Crippen molar-refractivity contribution in [2.24, 2.45) is 5.92 Å². The van der Waals surface area contributed by atoms with Crippen LogP contribution in [0.1, 0.15) is 122 Å². The molecule has 1 aromatic heterocycles. The molecule has 4 heterocycles. The Balaban J connectivity index is 1.15. The number of benzene rings is 1. The Morgan fingerprint density at radius 3 is 2.55 bits per heavy atom. The van der Waals surface area contributed by atoms with Gasteiger partial charge < -0.3 is 25.0 Å². The highest BCUT2D eigenvalue weighted by Crippen LogP contribution is 2.52. The summed E-state index contributed by atoms with van der Waals surface area (Å²) in [6.45, 7) is 6.80. The van der Waals surface area contributed by atoms with Crippen LogP contribution in [0.4, 0.5) is 9.18 Å². The summed E-state index contributed by atoms with van der Waals surface area (Å²) in [4.78, 5) is 63.0. The molecular weight excluding hydrogens is 742 g/mol. The molecule has 4 amide bonds. The van der Waals surface area contributed by atoms with E-state index >= 15 is 0 Å². The maximum atomic E-state index is 14.8. The number of rotatable bonds is 5. The number of halogens is 1. The minimum absolute atomic E-state index is 0.0103. The first kappa shape index (κ1) is 38.6.